The van der Waals surface area contributed by atoms with Crippen LogP contribution in [0.25, 0.3) is 0 Å². The Morgan fingerprint density at radius 2 is 2.04 bits per heavy atom. The average Bonchev–Trinajstić information content (AvgIpc) is 2.95. The zero-order valence-corrected chi connectivity index (χ0v) is 15.5. The molecule has 1 amide bonds. The monoisotopic (exact) mass is 360 g/mol. The molecule has 5 nitrogen and oxygen atoms in total. The zero-order valence-electron chi connectivity index (χ0n) is 15.5. The number of benzene rings is 1. The second-order valence-corrected chi connectivity index (χ2v) is 7.99. The lowest BCUT2D eigenvalue weighted by molar-refractivity contribution is -0.133. The van der Waals surface area contributed by atoms with Crippen LogP contribution in [-0.4, -0.2) is 54.0 Å². The Balaban J connectivity index is 1.41. The van der Waals surface area contributed by atoms with E-state index >= 15 is 0 Å². The molecule has 4 fully saturated rings. The largest absolute Gasteiger partial charge is 0.339 e. The van der Waals surface area contributed by atoms with Crippen molar-refractivity contribution in [2.75, 3.05) is 26.2 Å². The first-order valence-corrected chi connectivity index (χ1v) is 9.94. The number of piperidine rings is 1. The van der Waals surface area contributed by atoms with Crippen LogP contribution in [0.2, 0.25) is 0 Å². The van der Waals surface area contributed by atoms with Crippen LogP contribution in [0, 0.1) is 11.7 Å². The summed E-state index contributed by atoms with van der Waals surface area (Å²) in [7, 11) is 0. The van der Waals surface area contributed by atoms with Crippen molar-refractivity contribution in [3.8, 4) is 0 Å². The van der Waals surface area contributed by atoms with Gasteiger partial charge in [-0.2, -0.15) is 0 Å². The number of fused-ring (bicyclic) bond motifs is 4. The van der Waals surface area contributed by atoms with Crippen molar-refractivity contribution in [1.29, 1.82) is 0 Å². The number of nitrogens with one attached hydrogen (secondary N) is 2. The van der Waals surface area contributed by atoms with Gasteiger partial charge < -0.3 is 4.90 Å². The predicted octanol–water partition coefficient (Wildman–Crippen LogP) is 2.07. The summed E-state index contributed by atoms with van der Waals surface area (Å²) >= 11 is 0. The first kappa shape index (κ1) is 17.9. The Hall–Kier alpha value is -1.50. The zero-order chi connectivity index (χ0) is 18.1. The molecule has 0 saturated carbocycles. The maximum atomic E-state index is 14.0. The summed E-state index contributed by atoms with van der Waals surface area (Å²) in [5.41, 5.74) is 6.86. The molecule has 1 aromatic carbocycles. The third-order valence-corrected chi connectivity index (χ3v) is 6.13. The van der Waals surface area contributed by atoms with Crippen LogP contribution in [0.3, 0.4) is 0 Å². The van der Waals surface area contributed by atoms with Crippen LogP contribution in [0.4, 0.5) is 4.39 Å². The SMILES string of the molecule is CCCN1C[C@H]2CC[C@@H]1CN(C(=O)C1CC(c3ccccc3F)NN1)C2. The Kier molecular flexibility index (Phi) is 5.25. The topological polar surface area (TPSA) is 47.6 Å². The molecule has 4 saturated heterocycles. The molecular weight excluding hydrogens is 331 g/mol. The van der Waals surface area contributed by atoms with E-state index in [1.165, 1.54) is 18.9 Å². The molecule has 4 heterocycles. The number of nitrogens with zero attached hydrogens (tertiary/aromatic N) is 2. The molecule has 4 aliphatic rings. The Bertz CT molecular complexity index is 654. The van der Waals surface area contributed by atoms with Gasteiger partial charge in [-0.3, -0.25) is 9.69 Å². The number of carbonyl (C=O) groups excluding carboxylic acids is 1. The third-order valence-electron chi connectivity index (χ3n) is 6.13. The molecule has 1 aromatic rings. The van der Waals surface area contributed by atoms with E-state index in [2.05, 4.69) is 27.6 Å². The first-order chi connectivity index (χ1) is 12.7. The second-order valence-electron chi connectivity index (χ2n) is 7.99. The summed E-state index contributed by atoms with van der Waals surface area (Å²) in [4.78, 5) is 17.7. The number of amides is 1. The van der Waals surface area contributed by atoms with Gasteiger partial charge in [-0.15, -0.1) is 0 Å². The molecule has 0 spiro atoms. The molecule has 5 rings (SSSR count). The lowest BCUT2D eigenvalue weighted by atomic mass is 9.95. The van der Waals surface area contributed by atoms with Gasteiger partial charge in [0, 0.05) is 31.2 Å². The molecule has 0 aromatic heterocycles. The van der Waals surface area contributed by atoms with Crippen LogP contribution >= 0.6 is 0 Å². The lowest BCUT2D eigenvalue weighted by Crippen LogP contribution is -2.48. The number of hydrogen-bond acceptors (Lipinski definition) is 4. The minimum atomic E-state index is -0.281. The fourth-order valence-electron chi connectivity index (χ4n) is 4.82. The quantitative estimate of drug-likeness (QED) is 0.863. The summed E-state index contributed by atoms with van der Waals surface area (Å²) in [6, 6.07) is 6.84. The van der Waals surface area contributed by atoms with Crippen LogP contribution in [0.5, 0.6) is 0 Å². The fraction of sp³-hybridized carbons (Fsp3) is 0.650. The fourth-order valence-corrected chi connectivity index (χ4v) is 4.82. The third kappa shape index (κ3) is 3.50. The van der Waals surface area contributed by atoms with Gasteiger partial charge in [-0.05, 0) is 44.2 Å². The van der Waals surface area contributed by atoms with E-state index in [1.54, 1.807) is 12.1 Å². The van der Waals surface area contributed by atoms with Gasteiger partial charge in [0.05, 0.1) is 6.04 Å². The smallest absolute Gasteiger partial charge is 0.241 e. The van der Waals surface area contributed by atoms with Crippen LogP contribution < -0.4 is 10.9 Å². The summed E-state index contributed by atoms with van der Waals surface area (Å²) in [5.74, 6) is 0.524. The standard InChI is InChI=1S/C20H29FN4O/c1-2-9-24-11-14-7-8-15(24)13-25(12-14)20(26)19-10-18(22-23-19)16-5-3-4-6-17(16)21/h3-6,14-15,18-19,22-23H,2,7-13H2,1H3/t14-,15-,18?,19?/m1/s1. The van der Waals surface area contributed by atoms with Gasteiger partial charge in [-0.1, -0.05) is 25.1 Å². The average molecular weight is 360 g/mol. The maximum absolute atomic E-state index is 14.0. The number of halogens is 1. The molecule has 4 aliphatic heterocycles. The Labute approximate surface area is 154 Å². The highest BCUT2D eigenvalue weighted by Crippen LogP contribution is 2.30. The molecule has 2 unspecified atom stereocenters. The highest BCUT2D eigenvalue weighted by atomic mass is 19.1. The summed E-state index contributed by atoms with van der Waals surface area (Å²) in [6.07, 6.45) is 4.17. The molecule has 2 N–H and O–H groups in total. The van der Waals surface area contributed by atoms with E-state index < -0.39 is 0 Å². The normalized spacial score (nSPS) is 32.0. The van der Waals surface area contributed by atoms with Crippen LogP contribution in [-0.2, 0) is 4.79 Å². The number of rotatable bonds is 4. The van der Waals surface area contributed by atoms with Gasteiger partial charge in [0.1, 0.15) is 11.9 Å². The second kappa shape index (κ2) is 7.62. The van der Waals surface area contributed by atoms with Crippen LogP contribution in [0.1, 0.15) is 44.2 Å². The first-order valence-electron chi connectivity index (χ1n) is 9.94. The van der Waals surface area contributed by atoms with Crippen molar-refractivity contribution in [1.82, 2.24) is 20.7 Å². The summed E-state index contributed by atoms with van der Waals surface area (Å²) < 4.78 is 14.0. The van der Waals surface area contributed by atoms with Crippen molar-refractivity contribution in [3.63, 3.8) is 0 Å². The maximum Gasteiger partial charge on any atom is 0.241 e. The minimum Gasteiger partial charge on any atom is -0.339 e. The molecule has 26 heavy (non-hydrogen) atoms. The number of carbonyl (C=O) groups is 1. The van der Waals surface area contributed by atoms with Gasteiger partial charge >= 0.3 is 0 Å². The van der Waals surface area contributed by atoms with E-state index in [-0.39, 0.29) is 23.8 Å². The molecule has 142 valence electrons. The molecule has 2 bridgehead atoms. The molecular formula is C20H29FN4O. The van der Waals surface area contributed by atoms with Crippen molar-refractivity contribution in [2.45, 2.75) is 50.7 Å². The number of hydrogen-bond donors (Lipinski definition) is 2. The Morgan fingerprint density at radius 1 is 1.19 bits per heavy atom. The Morgan fingerprint density at radius 3 is 2.85 bits per heavy atom. The molecule has 0 aliphatic carbocycles. The molecule has 6 heteroatoms. The molecule has 0 radical (unpaired) electrons. The van der Waals surface area contributed by atoms with E-state index in [4.69, 9.17) is 0 Å². The minimum absolute atomic E-state index is 0.159. The van der Waals surface area contributed by atoms with E-state index in [9.17, 15) is 9.18 Å². The van der Waals surface area contributed by atoms with Gasteiger partial charge in [0.25, 0.3) is 0 Å². The molecule has 4 atom stereocenters. The number of hydrazine groups is 1. The van der Waals surface area contributed by atoms with Gasteiger partial charge in [0.2, 0.25) is 5.91 Å². The highest BCUT2D eigenvalue weighted by Gasteiger charge is 2.40. The van der Waals surface area contributed by atoms with Crippen molar-refractivity contribution in [3.05, 3.63) is 35.6 Å². The predicted molar refractivity (Wildman–Crippen MR) is 98.8 cm³/mol. The van der Waals surface area contributed by atoms with Crippen LogP contribution in [0.15, 0.2) is 24.3 Å². The van der Waals surface area contributed by atoms with Crippen molar-refractivity contribution >= 4 is 5.91 Å². The van der Waals surface area contributed by atoms with Crippen molar-refractivity contribution in [2.24, 2.45) is 5.92 Å². The van der Waals surface area contributed by atoms with Gasteiger partial charge in [-0.25, -0.2) is 15.2 Å². The van der Waals surface area contributed by atoms with E-state index in [0.717, 1.165) is 32.6 Å². The summed E-state index contributed by atoms with van der Waals surface area (Å²) in [5, 5.41) is 0. The summed E-state index contributed by atoms with van der Waals surface area (Å²) in [6.45, 7) is 6.16. The lowest BCUT2D eigenvalue weighted by Gasteiger charge is -2.35. The van der Waals surface area contributed by atoms with E-state index in [1.807, 2.05) is 6.07 Å². The van der Waals surface area contributed by atoms with Gasteiger partial charge in [0.15, 0.2) is 0 Å². The highest BCUT2D eigenvalue weighted by molar-refractivity contribution is 5.82. The van der Waals surface area contributed by atoms with E-state index in [0.29, 0.717) is 23.9 Å². The van der Waals surface area contributed by atoms with Crippen molar-refractivity contribution < 1.29 is 9.18 Å².